The Bertz CT molecular complexity index is 962. The average Bonchev–Trinajstić information content (AvgIpc) is 3.32. The molecule has 124 valence electrons. The number of halogens is 1. The Hall–Kier alpha value is -1.60. The number of thioether (sulfide) groups is 1. The van der Waals surface area contributed by atoms with Crippen molar-refractivity contribution in [3.8, 4) is 0 Å². The van der Waals surface area contributed by atoms with Crippen molar-refractivity contribution in [1.29, 1.82) is 0 Å². The summed E-state index contributed by atoms with van der Waals surface area (Å²) >= 11 is 5.02. The molecule has 4 rings (SSSR count). The van der Waals surface area contributed by atoms with Crippen LogP contribution in [0.5, 0.6) is 0 Å². The lowest BCUT2D eigenvalue weighted by molar-refractivity contribution is 0.559. The molecule has 0 N–H and O–H groups in total. The third kappa shape index (κ3) is 3.02. The van der Waals surface area contributed by atoms with E-state index in [0.717, 1.165) is 32.9 Å². The summed E-state index contributed by atoms with van der Waals surface area (Å²) in [6.45, 7) is 2.98. The molecule has 1 aliphatic rings. The van der Waals surface area contributed by atoms with Gasteiger partial charge in [0.15, 0.2) is 5.16 Å². The third-order valence-corrected chi connectivity index (χ3v) is 5.66. The molecule has 0 amide bonds. The zero-order chi connectivity index (χ0) is 16.7. The maximum Gasteiger partial charge on any atom is 0.336 e. The molecule has 0 radical (unpaired) electrons. The van der Waals surface area contributed by atoms with Crippen molar-refractivity contribution in [2.24, 2.45) is 0 Å². The molecule has 1 aliphatic carbocycles. The Kier molecular flexibility index (Phi) is 4.22. The van der Waals surface area contributed by atoms with E-state index in [2.05, 4.69) is 37.6 Å². The Morgan fingerprint density at radius 2 is 2.17 bits per heavy atom. The Labute approximate surface area is 151 Å². The molecule has 0 saturated heterocycles. The second-order valence-corrected chi connectivity index (χ2v) is 7.74. The molecule has 0 spiro atoms. The minimum atomic E-state index is -0.327. The van der Waals surface area contributed by atoms with Crippen LogP contribution in [0.4, 0.5) is 0 Å². The average molecular weight is 406 g/mol. The molecule has 0 aliphatic heterocycles. The molecular weight excluding hydrogens is 390 g/mol. The van der Waals surface area contributed by atoms with Gasteiger partial charge in [0.05, 0.1) is 0 Å². The minimum Gasteiger partial charge on any atom is -0.423 e. The smallest absolute Gasteiger partial charge is 0.336 e. The van der Waals surface area contributed by atoms with Crippen LogP contribution in [-0.2, 0) is 12.3 Å². The van der Waals surface area contributed by atoms with Gasteiger partial charge in [-0.3, -0.25) is 0 Å². The summed E-state index contributed by atoms with van der Waals surface area (Å²) in [7, 11) is 0. The number of hydrogen-bond acceptors (Lipinski definition) is 5. The van der Waals surface area contributed by atoms with E-state index in [1.807, 2.05) is 18.2 Å². The molecule has 0 bridgehead atoms. The van der Waals surface area contributed by atoms with Gasteiger partial charge in [0.1, 0.15) is 11.4 Å². The lowest BCUT2D eigenvalue weighted by Gasteiger charge is -2.08. The quantitative estimate of drug-likeness (QED) is 0.466. The van der Waals surface area contributed by atoms with E-state index in [-0.39, 0.29) is 5.63 Å². The molecule has 24 heavy (non-hydrogen) atoms. The number of fused-ring (bicyclic) bond motifs is 1. The SMILES string of the molecule is CCn1c(SCc2cc(=O)oc3cc(Br)ccc23)nnc1C1CC1. The number of rotatable bonds is 5. The standard InChI is InChI=1S/C17H16BrN3O2S/c1-2-21-16(10-3-4-10)19-20-17(21)24-9-11-7-15(22)23-14-8-12(18)5-6-13(11)14/h5-8,10H,2-4,9H2,1H3. The van der Waals surface area contributed by atoms with Gasteiger partial charge in [-0.25, -0.2) is 4.79 Å². The summed E-state index contributed by atoms with van der Waals surface area (Å²) in [6.07, 6.45) is 2.42. The Balaban J connectivity index is 1.64. The van der Waals surface area contributed by atoms with Crippen LogP contribution in [-0.4, -0.2) is 14.8 Å². The third-order valence-electron chi connectivity index (χ3n) is 4.15. The lowest BCUT2D eigenvalue weighted by Crippen LogP contribution is -2.03. The highest BCUT2D eigenvalue weighted by atomic mass is 79.9. The first-order chi connectivity index (χ1) is 11.7. The summed E-state index contributed by atoms with van der Waals surface area (Å²) in [6, 6.07) is 7.32. The van der Waals surface area contributed by atoms with E-state index in [1.54, 1.807) is 17.8 Å². The van der Waals surface area contributed by atoms with Crippen LogP contribution in [0, 0.1) is 0 Å². The normalized spacial score (nSPS) is 14.4. The van der Waals surface area contributed by atoms with E-state index in [4.69, 9.17) is 4.42 Å². The van der Waals surface area contributed by atoms with Crippen molar-refractivity contribution < 1.29 is 4.42 Å². The fraction of sp³-hybridized carbons (Fsp3) is 0.353. The number of hydrogen-bond donors (Lipinski definition) is 0. The zero-order valence-electron chi connectivity index (χ0n) is 13.2. The van der Waals surface area contributed by atoms with E-state index >= 15 is 0 Å². The lowest BCUT2D eigenvalue weighted by atomic mass is 10.1. The molecule has 1 saturated carbocycles. The molecule has 3 aromatic rings. The van der Waals surface area contributed by atoms with Gasteiger partial charge in [0.2, 0.25) is 0 Å². The van der Waals surface area contributed by atoms with E-state index in [1.165, 1.54) is 12.8 Å². The molecule has 5 nitrogen and oxygen atoms in total. The van der Waals surface area contributed by atoms with E-state index < -0.39 is 0 Å². The van der Waals surface area contributed by atoms with Gasteiger partial charge in [-0.05, 0) is 43.5 Å². The predicted molar refractivity (Wildman–Crippen MR) is 97.4 cm³/mol. The summed E-state index contributed by atoms with van der Waals surface area (Å²) in [5.41, 5.74) is 1.23. The summed E-state index contributed by atoms with van der Waals surface area (Å²) < 4.78 is 8.37. The van der Waals surface area contributed by atoms with Crippen LogP contribution < -0.4 is 5.63 Å². The van der Waals surface area contributed by atoms with Crippen molar-refractivity contribution in [3.05, 3.63) is 50.5 Å². The number of nitrogens with zero attached hydrogens (tertiary/aromatic N) is 3. The minimum absolute atomic E-state index is 0.327. The maximum atomic E-state index is 11.8. The first-order valence-electron chi connectivity index (χ1n) is 7.94. The highest BCUT2D eigenvalue weighted by molar-refractivity contribution is 9.10. The van der Waals surface area contributed by atoms with Crippen molar-refractivity contribution in [3.63, 3.8) is 0 Å². The maximum absolute atomic E-state index is 11.8. The molecule has 7 heteroatoms. The van der Waals surface area contributed by atoms with Crippen LogP contribution in [0.15, 0.2) is 43.1 Å². The molecule has 0 atom stereocenters. The van der Waals surface area contributed by atoms with Crippen molar-refractivity contribution in [1.82, 2.24) is 14.8 Å². The van der Waals surface area contributed by atoms with Gasteiger partial charge in [-0.1, -0.05) is 27.7 Å². The molecular formula is C17H16BrN3O2S. The van der Waals surface area contributed by atoms with Gasteiger partial charge >= 0.3 is 5.63 Å². The highest BCUT2D eigenvalue weighted by Crippen LogP contribution is 2.40. The van der Waals surface area contributed by atoms with Gasteiger partial charge in [-0.2, -0.15) is 0 Å². The summed E-state index contributed by atoms with van der Waals surface area (Å²) in [5, 5.41) is 10.6. The highest BCUT2D eigenvalue weighted by Gasteiger charge is 2.29. The van der Waals surface area contributed by atoms with Gasteiger partial charge in [0.25, 0.3) is 0 Å². The Morgan fingerprint density at radius 3 is 2.92 bits per heavy atom. The fourth-order valence-corrected chi connectivity index (χ4v) is 4.15. The molecule has 1 aromatic carbocycles. The predicted octanol–water partition coefficient (Wildman–Crippen LogP) is 4.34. The van der Waals surface area contributed by atoms with Gasteiger partial charge in [0, 0.05) is 34.1 Å². The molecule has 1 fully saturated rings. The second kappa shape index (κ2) is 6.37. The molecule has 0 unspecified atom stereocenters. The Morgan fingerprint density at radius 1 is 1.33 bits per heavy atom. The summed E-state index contributed by atoms with van der Waals surface area (Å²) in [4.78, 5) is 11.8. The van der Waals surface area contributed by atoms with Gasteiger partial charge in [-0.15, -0.1) is 10.2 Å². The zero-order valence-corrected chi connectivity index (χ0v) is 15.6. The molecule has 2 aromatic heterocycles. The largest absolute Gasteiger partial charge is 0.423 e. The number of benzene rings is 1. The van der Waals surface area contributed by atoms with Crippen LogP contribution in [0.25, 0.3) is 11.0 Å². The van der Waals surface area contributed by atoms with Crippen LogP contribution in [0.3, 0.4) is 0 Å². The van der Waals surface area contributed by atoms with E-state index in [0.29, 0.717) is 17.3 Å². The monoisotopic (exact) mass is 405 g/mol. The van der Waals surface area contributed by atoms with E-state index in [9.17, 15) is 4.79 Å². The van der Waals surface area contributed by atoms with Gasteiger partial charge < -0.3 is 8.98 Å². The summed E-state index contributed by atoms with van der Waals surface area (Å²) in [5.74, 6) is 2.34. The first kappa shape index (κ1) is 15.9. The topological polar surface area (TPSA) is 60.9 Å². The van der Waals surface area contributed by atoms with Crippen molar-refractivity contribution >= 4 is 38.7 Å². The number of aromatic nitrogens is 3. The van der Waals surface area contributed by atoms with Crippen LogP contribution in [0.2, 0.25) is 0 Å². The van der Waals surface area contributed by atoms with Crippen LogP contribution in [0.1, 0.15) is 37.1 Å². The first-order valence-corrected chi connectivity index (χ1v) is 9.71. The molecule has 2 heterocycles. The van der Waals surface area contributed by atoms with Crippen LogP contribution >= 0.6 is 27.7 Å². The fourth-order valence-electron chi connectivity index (χ4n) is 2.81. The second-order valence-electron chi connectivity index (χ2n) is 5.88. The van der Waals surface area contributed by atoms with Crippen molar-refractivity contribution in [2.45, 2.75) is 43.1 Å². The van der Waals surface area contributed by atoms with Crippen molar-refractivity contribution in [2.75, 3.05) is 0 Å².